The maximum absolute atomic E-state index is 11.5. The highest BCUT2D eigenvalue weighted by molar-refractivity contribution is 14.0. The zero-order chi connectivity index (χ0) is 17.4. The van der Waals surface area contributed by atoms with E-state index in [-0.39, 0.29) is 42.6 Å². The van der Waals surface area contributed by atoms with Crippen LogP contribution >= 0.6 is 24.0 Å². The lowest BCUT2D eigenvalue weighted by Gasteiger charge is -2.12. The lowest BCUT2D eigenvalue weighted by atomic mass is 10.2. The molecule has 0 unspecified atom stereocenters. The Hall–Kier alpha value is -1.71. The molecule has 7 nitrogen and oxygen atoms in total. The average Bonchev–Trinajstić information content (AvgIpc) is 3.03. The number of carbonyl (C=O) groups excluding carboxylic acids is 1. The van der Waals surface area contributed by atoms with E-state index in [4.69, 9.17) is 9.47 Å². The van der Waals surface area contributed by atoms with E-state index in [0.29, 0.717) is 25.6 Å². The Bertz CT molecular complexity index is 593. The molecular formula is C17H27IN4O3. The van der Waals surface area contributed by atoms with Crippen molar-refractivity contribution in [2.45, 2.75) is 27.3 Å². The van der Waals surface area contributed by atoms with Crippen LogP contribution in [0.25, 0.3) is 0 Å². The summed E-state index contributed by atoms with van der Waals surface area (Å²) in [5, 5.41) is 9.26. The number of aliphatic imine (C=N–C) groups is 1. The topological polar surface area (TPSA) is 84.0 Å². The number of carbonyl (C=O) groups is 1. The summed E-state index contributed by atoms with van der Waals surface area (Å²) in [6.45, 7) is 8.51. The summed E-state index contributed by atoms with van der Waals surface area (Å²) in [6, 6.07) is 5.82. The van der Waals surface area contributed by atoms with Crippen LogP contribution in [0.3, 0.4) is 0 Å². The van der Waals surface area contributed by atoms with Gasteiger partial charge in [-0.2, -0.15) is 0 Å². The van der Waals surface area contributed by atoms with Gasteiger partial charge in [-0.3, -0.25) is 4.79 Å². The molecule has 0 atom stereocenters. The fourth-order valence-corrected chi connectivity index (χ4v) is 2.12. The first kappa shape index (κ1) is 21.3. The van der Waals surface area contributed by atoms with Gasteiger partial charge in [0.25, 0.3) is 0 Å². The number of ether oxygens (including phenoxy) is 2. The van der Waals surface area contributed by atoms with Crippen molar-refractivity contribution >= 4 is 35.8 Å². The molecule has 25 heavy (non-hydrogen) atoms. The maximum atomic E-state index is 11.5. The van der Waals surface area contributed by atoms with Crippen molar-refractivity contribution in [2.75, 3.05) is 26.4 Å². The van der Waals surface area contributed by atoms with Crippen molar-refractivity contribution in [3.05, 3.63) is 23.8 Å². The van der Waals surface area contributed by atoms with E-state index in [1.165, 1.54) is 0 Å². The molecule has 0 radical (unpaired) electrons. The third kappa shape index (κ3) is 6.97. The van der Waals surface area contributed by atoms with Crippen LogP contribution in [-0.2, 0) is 11.3 Å². The lowest BCUT2D eigenvalue weighted by Crippen LogP contribution is -2.42. The third-order valence-electron chi connectivity index (χ3n) is 3.44. The summed E-state index contributed by atoms with van der Waals surface area (Å²) in [5.74, 6) is 2.30. The maximum Gasteiger partial charge on any atom is 0.231 e. The molecular weight excluding hydrogens is 435 g/mol. The van der Waals surface area contributed by atoms with Crippen LogP contribution in [0.15, 0.2) is 23.2 Å². The predicted octanol–water partition coefficient (Wildman–Crippen LogP) is 1.86. The van der Waals surface area contributed by atoms with Crippen molar-refractivity contribution in [1.82, 2.24) is 16.0 Å². The van der Waals surface area contributed by atoms with E-state index >= 15 is 0 Å². The molecule has 1 amide bonds. The van der Waals surface area contributed by atoms with Crippen LogP contribution in [0.4, 0.5) is 0 Å². The Morgan fingerprint density at radius 3 is 2.60 bits per heavy atom. The van der Waals surface area contributed by atoms with Crippen LogP contribution in [0.1, 0.15) is 26.3 Å². The van der Waals surface area contributed by atoms with E-state index in [2.05, 4.69) is 20.9 Å². The number of fused-ring (bicyclic) bond motifs is 1. The number of nitrogens with one attached hydrogen (secondary N) is 3. The average molecular weight is 462 g/mol. The molecule has 0 saturated carbocycles. The van der Waals surface area contributed by atoms with Crippen LogP contribution in [-0.4, -0.2) is 38.3 Å². The highest BCUT2D eigenvalue weighted by atomic mass is 127. The molecule has 1 aliphatic rings. The first-order chi connectivity index (χ1) is 11.6. The van der Waals surface area contributed by atoms with Gasteiger partial charge in [0.1, 0.15) is 0 Å². The third-order valence-corrected chi connectivity index (χ3v) is 3.44. The second-order valence-corrected chi connectivity index (χ2v) is 5.76. The number of nitrogens with zero attached hydrogens (tertiary/aromatic N) is 1. The fourth-order valence-electron chi connectivity index (χ4n) is 2.12. The number of hydrogen-bond donors (Lipinski definition) is 3. The van der Waals surface area contributed by atoms with Gasteiger partial charge in [0, 0.05) is 25.6 Å². The van der Waals surface area contributed by atoms with Crippen LogP contribution in [0, 0.1) is 5.92 Å². The lowest BCUT2D eigenvalue weighted by molar-refractivity contribution is -0.123. The van der Waals surface area contributed by atoms with E-state index in [9.17, 15) is 4.79 Å². The van der Waals surface area contributed by atoms with Crippen molar-refractivity contribution < 1.29 is 14.3 Å². The minimum absolute atomic E-state index is 0. The molecule has 3 N–H and O–H groups in total. The van der Waals surface area contributed by atoms with E-state index in [0.717, 1.165) is 23.6 Å². The highest BCUT2D eigenvalue weighted by Crippen LogP contribution is 2.32. The largest absolute Gasteiger partial charge is 0.454 e. The van der Waals surface area contributed by atoms with Gasteiger partial charge >= 0.3 is 0 Å². The molecule has 0 bridgehead atoms. The van der Waals surface area contributed by atoms with Crippen molar-refractivity contribution in [1.29, 1.82) is 0 Å². The summed E-state index contributed by atoms with van der Waals surface area (Å²) in [7, 11) is 0. The van der Waals surface area contributed by atoms with Gasteiger partial charge in [-0.05, 0) is 24.6 Å². The monoisotopic (exact) mass is 462 g/mol. The van der Waals surface area contributed by atoms with E-state index in [1.807, 2.05) is 39.0 Å². The van der Waals surface area contributed by atoms with Crippen LogP contribution in [0.5, 0.6) is 11.5 Å². The summed E-state index contributed by atoms with van der Waals surface area (Å²) in [5.41, 5.74) is 1.05. The highest BCUT2D eigenvalue weighted by Gasteiger charge is 2.13. The number of rotatable bonds is 7. The fraction of sp³-hybridized carbons (Fsp3) is 0.529. The second kappa shape index (κ2) is 11.0. The Labute approximate surface area is 166 Å². The molecule has 0 fully saturated rings. The van der Waals surface area contributed by atoms with Crippen LogP contribution in [0.2, 0.25) is 0 Å². The first-order valence-electron chi connectivity index (χ1n) is 8.28. The Morgan fingerprint density at radius 2 is 1.88 bits per heavy atom. The van der Waals surface area contributed by atoms with Gasteiger partial charge in [-0.15, -0.1) is 24.0 Å². The molecule has 1 aliphatic heterocycles. The molecule has 1 heterocycles. The van der Waals surface area contributed by atoms with Crippen molar-refractivity contribution in [3.63, 3.8) is 0 Å². The summed E-state index contributed by atoms with van der Waals surface area (Å²) in [6.07, 6.45) is 0. The zero-order valence-electron chi connectivity index (χ0n) is 14.9. The van der Waals surface area contributed by atoms with E-state index < -0.39 is 0 Å². The molecule has 0 aliphatic carbocycles. The molecule has 8 heteroatoms. The van der Waals surface area contributed by atoms with E-state index in [1.54, 1.807) is 0 Å². The molecule has 0 aromatic heterocycles. The summed E-state index contributed by atoms with van der Waals surface area (Å²) in [4.78, 5) is 16.1. The van der Waals surface area contributed by atoms with Crippen molar-refractivity contribution in [3.8, 4) is 11.5 Å². The molecule has 0 spiro atoms. The van der Waals surface area contributed by atoms with Gasteiger partial charge in [0.05, 0.1) is 6.54 Å². The van der Waals surface area contributed by atoms with Gasteiger partial charge in [0.2, 0.25) is 12.7 Å². The zero-order valence-corrected chi connectivity index (χ0v) is 17.3. The van der Waals surface area contributed by atoms with Gasteiger partial charge in [0.15, 0.2) is 17.5 Å². The number of hydrogen-bond acceptors (Lipinski definition) is 4. The number of benzene rings is 1. The quantitative estimate of drug-likeness (QED) is 0.250. The van der Waals surface area contributed by atoms with Gasteiger partial charge < -0.3 is 25.4 Å². The number of amides is 1. The number of guanidine groups is 1. The number of halogens is 1. The molecule has 140 valence electrons. The molecule has 1 aromatic rings. The SMILES string of the molecule is CCNC(=NCc1ccc2c(c1)OCO2)NCCNC(=O)C(C)C.I. The smallest absolute Gasteiger partial charge is 0.231 e. The Balaban J connectivity index is 0.00000312. The molecule has 1 aromatic carbocycles. The van der Waals surface area contributed by atoms with Gasteiger partial charge in [-0.1, -0.05) is 19.9 Å². The molecule has 2 rings (SSSR count). The second-order valence-electron chi connectivity index (χ2n) is 5.76. The molecule has 0 saturated heterocycles. The standard InChI is InChI=1S/C17H26N4O3.HI/c1-4-18-17(20-8-7-19-16(22)12(2)3)21-10-13-5-6-14-15(9-13)24-11-23-14;/h5-6,9,12H,4,7-8,10-11H2,1-3H3,(H,19,22)(H2,18,20,21);1H. The minimum atomic E-state index is -0.00193. The Kier molecular flexibility index (Phi) is 9.40. The predicted molar refractivity (Wildman–Crippen MR) is 109 cm³/mol. The minimum Gasteiger partial charge on any atom is -0.454 e. The normalized spacial score (nSPS) is 12.6. The Morgan fingerprint density at radius 1 is 1.16 bits per heavy atom. The van der Waals surface area contributed by atoms with Gasteiger partial charge in [-0.25, -0.2) is 4.99 Å². The summed E-state index contributed by atoms with van der Waals surface area (Å²) < 4.78 is 10.7. The van der Waals surface area contributed by atoms with Crippen molar-refractivity contribution in [2.24, 2.45) is 10.9 Å². The first-order valence-corrected chi connectivity index (χ1v) is 8.28. The van der Waals surface area contributed by atoms with Crippen LogP contribution < -0.4 is 25.4 Å². The summed E-state index contributed by atoms with van der Waals surface area (Å²) >= 11 is 0.